The summed E-state index contributed by atoms with van der Waals surface area (Å²) in [6, 6.07) is -0.131. The number of alkyl carbamates (subject to hydrolysis) is 1. The molecule has 4 bridgehead atoms. The lowest BCUT2D eigenvalue weighted by Gasteiger charge is -2.57. The first-order valence-electron chi connectivity index (χ1n) is 11.1. The van der Waals surface area contributed by atoms with Crippen LogP contribution in [0, 0.1) is 23.2 Å². The zero-order valence-electron chi connectivity index (χ0n) is 18.4. The van der Waals surface area contributed by atoms with Crippen molar-refractivity contribution in [1.82, 2.24) is 10.2 Å². The summed E-state index contributed by atoms with van der Waals surface area (Å²) in [5.41, 5.74) is -0.924. The number of nitrogens with one attached hydrogen (secondary N) is 1. The van der Waals surface area contributed by atoms with Gasteiger partial charge in [-0.15, -0.1) is 0 Å². The van der Waals surface area contributed by atoms with Crippen LogP contribution in [0.1, 0.15) is 59.3 Å². The summed E-state index contributed by atoms with van der Waals surface area (Å²) in [6.07, 6.45) is 4.26. The molecule has 8 nitrogen and oxygen atoms in total. The molecule has 0 aromatic rings. The molecular formula is C22H34N2O6. The molecule has 1 aliphatic heterocycles. The van der Waals surface area contributed by atoms with Crippen molar-refractivity contribution < 1.29 is 28.6 Å². The van der Waals surface area contributed by atoms with Crippen LogP contribution in [0.15, 0.2) is 0 Å². The highest BCUT2D eigenvalue weighted by molar-refractivity contribution is 5.77. The van der Waals surface area contributed by atoms with Crippen LogP contribution in [-0.4, -0.2) is 61.0 Å². The molecule has 4 saturated carbocycles. The zero-order chi connectivity index (χ0) is 21.7. The summed E-state index contributed by atoms with van der Waals surface area (Å²) in [6.45, 7) is 6.44. The second-order valence-electron chi connectivity index (χ2n) is 10.7. The van der Waals surface area contributed by atoms with E-state index in [9.17, 15) is 14.4 Å². The third-order valence-electron chi connectivity index (χ3n) is 7.21. The maximum absolute atomic E-state index is 12.8. The van der Waals surface area contributed by atoms with Crippen molar-refractivity contribution in [1.29, 1.82) is 0 Å². The molecule has 0 radical (unpaired) electrons. The van der Waals surface area contributed by atoms with Crippen LogP contribution in [-0.2, 0) is 19.0 Å². The Morgan fingerprint density at radius 1 is 1.07 bits per heavy atom. The van der Waals surface area contributed by atoms with Gasteiger partial charge in [-0.1, -0.05) is 0 Å². The van der Waals surface area contributed by atoms with E-state index in [0.717, 1.165) is 32.1 Å². The Morgan fingerprint density at radius 2 is 1.73 bits per heavy atom. The van der Waals surface area contributed by atoms with Gasteiger partial charge in [-0.25, -0.2) is 9.59 Å². The van der Waals surface area contributed by atoms with Gasteiger partial charge in [0, 0.05) is 13.1 Å². The van der Waals surface area contributed by atoms with Crippen molar-refractivity contribution in [2.24, 2.45) is 23.2 Å². The molecule has 4 aliphatic carbocycles. The molecule has 1 heterocycles. The predicted octanol–water partition coefficient (Wildman–Crippen LogP) is 3.09. The van der Waals surface area contributed by atoms with E-state index in [4.69, 9.17) is 14.2 Å². The number of methoxy groups -OCH3 is 1. The zero-order valence-corrected chi connectivity index (χ0v) is 18.4. The van der Waals surface area contributed by atoms with Crippen LogP contribution in [0.2, 0.25) is 0 Å². The molecule has 0 aromatic heterocycles. The van der Waals surface area contributed by atoms with Gasteiger partial charge in [0.2, 0.25) is 0 Å². The normalized spacial score (nSPS) is 37.1. The topological polar surface area (TPSA) is 94.2 Å². The van der Waals surface area contributed by atoms with Crippen molar-refractivity contribution in [2.75, 3.05) is 20.2 Å². The molecule has 5 rings (SSSR count). The van der Waals surface area contributed by atoms with Crippen LogP contribution in [0.25, 0.3) is 0 Å². The number of carbonyl (C=O) groups is 3. The average Bonchev–Trinajstić information content (AvgIpc) is 3.10. The molecule has 1 N–H and O–H groups in total. The Bertz CT molecular complexity index is 701. The number of esters is 1. The second-order valence-corrected chi connectivity index (χ2v) is 10.7. The van der Waals surface area contributed by atoms with E-state index in [0.29, 0.717) is 25.4 Å². The first-order chi connectivity index (χ1) is 14.1. The first kappa shape index (κ1) is 21.2. The lowest BCUT2D eigenvalue weighted by molar-refractivity contribution is -0.182. The average molecular weight is 423 g/mol. The third-order valence-corrected chi connectivity index (χ3v) is 7.21. The van der Waals surface area contributed by atoms with Gasteiger partial charge in [-0.05, 0) is 77.0 Å². The first-order valence-corrected chi connectivity index (χ1v) is 11.1. The van der Waals surface area contributed by atoms with E-state index in [-0.39, 0.29) is 41.5 Å². The Morgan fingerprint density at radius 3 is 2.33 bits per heavy atom. The number of amides is 2. The second kappa shape index (κ2) is 7.61. The minimum absolute atomic E-state index is 0.0951. The van der Waals surface area contributed by atoms with E-state index in [1.165, 1.54) is 7.11 Å². The molecule has 0 spiro atoms. The molecule has 5 aliphatic rings. The Hall–Kier alpha value is -1.99. The highest BCUT2D eigenvalue weighted by atomic mass is 16.6. The Labute approximate surface area is 178 Å². The molecule has 3 atom stereocenters. The monoisotopic (exact) mass is 422 g/mol. The molecule has 2 unspecified atom stereocenters. The minimum Gasteiger partial charge on any atom is -0.469 e. The predicted molar refractivity (Wildman–Crippen MR) is 108 cm³/mol. The molecule has 2 amide bonds. The largest absolute Gasteiger partial charge is 0.469 e. The fourth-order valence-corrected chi connectivity index (χ4v) is 6.35. The summed E-state index contributed by atoms with van der Waals surface area (Å²) in [4.78, 5) is 38.9. The van der Waals surface area contributed by atoms with E-state index < -0.39 is 11.7 Å². The summed E-state index contributed by atoms with van der Waals surface area (Å²) in [7, 11) is 1.47. The maximum Gasteiger partial charge on any atom is 0.410 e. The quantitative estimate of drug-likeness (QED) is 0.555. The standard InChI is InChI=1S/C22H34N2O6/c1-21(2,3)30-19(26)23-16-5-6-24(12-16)20(27)29-17-14-7-13-8-15(17)11-22(9-13,10-14)18(25)28-4/h13-17H,5-12H2,1-4H3,(H,23,26)/t13?,14?,15?,16-,17?,22?/m1/s1. The van der Waals surface area contributed by atoms with E-state index in [2.05, 4.69) is 5.32 Å². The molecule has 8 heteroatoms. The van der Waals surface area contributed by atoms with E-state index in [1.807, 2.05) is 20.8 Å². The number of nitrogens with zero attached hydrogens (tertiary/aromatic N) is 1. The number of carbonyl (C=O) groups excluding carboxylic acids is 3. The van der Waals surface area contributed by atoms with Gasteiger partial charge < -0.3 is 24.4 Å². The third kappa shape index (κ3) is 4.10. The van der Waals surface area contributed by atoms with Gasteiger partial charge in [0.1, 0.15) is 11.7 Å². The van der Waals surface area contributed by atoms with Crippen LogP contribution < -0.4 is 5.32 Å². The van der Waals surface area contributed by atoms with E-state index >= 15 is 0 Å². The lowest BCUT2D eigenvalue weighted by Crippen LogP contribution is -2.58. The van der Waals surface area contributed by atoms with Gasteiger partial charge >= 0.3 is 18.2 Å². The smallest absolute Gasteiger partial charge is 0.410 e. The van der Waals surface area contributed by atoms with Crippen LogP contribution in [0.3, 0.4) is 0 Å². The number of hydrogen-bond donors (Lipinski definition) is 1. The SMILES string of the molecule is COC(=O)C12CC3CC(C1)C(OC(=O)N1CC[C@@H](NC(=O)OC(C)(C)C)C1)C(C3)C2. The molecule has 168 valence electrons. The van der Waals surface area contributed by atoms with E-state index in [1.54, 1.807) is 4.90 Å². The highest BCUT2D eigenvalue weighted by Crippen LogP contribution is 2.61. The molecule has 30 heavy (non-hydrogen) atoms. The van der Waals surface area contributed by atoms with Gasteiger partial charge in [0.15, 0.2) is 0 Å². The number of likely N-dealkylation sites (tertiary alicyclic amines) is 1. The summed E-state index contributed by atoms with van der Waals surface area (Å²) in [5.74, 6) is 0.906. The molecular weight excluding hydrogens is 388 g/mol. The maximum atomic E-state index is 12.8. The number of hydrogen-bond acceptors (Lipinski definition) is 6. The van der Waals surface area contributed by atoms with Crippen molar-refractivity contribution >= 4 is 18.2 Å². The molecule has 1 saturated heterocycles. The lowest BCUT2D eigenvalue weighted by atomic mass is 9.48. The minimum atomic E-state index is -0.553. The van der Waals surface area contributed by atoms with Crippen LogP contribution in [0.5, 0.6) is 0 Å². The van der Waals surface area contributed by atoms with Crippen LogP contribution in [0.4, 0.5) is 9.59 Å². The van der Waals surface area contributed by atoms with Gasteiger partial charge in [0.05, 0.1) is 18.6 Å². The van der Waals surface area contributed by atoms with Crippen molar-refractivity contribution in [3.8, 4) is 0 Å². The number of ether oxygens (including phenoxy) is 3. The fraction of sp³-hybridized carbons (Fsp3) is 0.864. The van der Waals surface area contributed by atoms with Crippen LogP contribution >= 0.6 is 0 Å². The molecule has 0 aromatic carbocycles. The summed E-state index contributed by atoms with van der Waals surface area (Å²) >= 11 is 0. The van der Waals surface area contributed by atoms with Gasteiger partial charge in [-0.2, -0.15) is 0 Å². The molecule has 5 fully saturated rings. The summed E-state index contributed by atoms with van der Waals surface area (Å²) in [5, 5.41) is 2.84. The van der Waals surface area contributed by atoms with Crippen molar-refractivity contribution in [2.45, 2.75) is 77.0 Å². The van der Waals surface area contributed by atoms with Gasteiger partial charge in [0.25, 0.3) is 0 Å². The Balaban J connectivity index is 1.31. The van der Waals surface area contributed by atoms with Gasteiger partial charge in [-0.3, -0.25) is 4.79 Å². The summed E-state index contributed by atoms with van der Waals surface area (Å²) < 4.78 is 16.4. The number of rotatable bonds is 3. The highest BCUT2D eigenvalue weighted by Gasteiger charge is 2.60. The van der Waals surface area contributed by atoms with Crippen molar-refractivity contribution in [3.63, 3.8) is 0 Å². The van der Waals surface area contributed by atoms with Crippen molar-refractivity contribution in [3.05, 3.63) is 0 Å². The fourth-order valence-electron chi connectivity index (χ4n) is 6.35. The Kier molecular flexibility index (Phi) is 5.39.